The Hall–Kier alpha value is -4.66. The first kappa shape index (κ1) is 20.7. The lowest BCUT2D eigenvalue weighted by molar-refractivity contribution is 0.581. The van der Waals surface area contributed by atoms with Gasteiger partial charge in [0.05, 0.1) is 0 Å². The summed E-state index contributed by atoms with van der Waals surface area (Å²) in [5.74, 6) is 0.175. The third-order valence-corrected chi connectivity index (χ3v) is 8.26. The van der Waals surface area contributed by atoms with E-state index in [0.29, 0.717) is 0 Å². The molecule has 0 N–H and O–H groups in total. The quantitative estimate of drug-likeness (QED) is 0.198. The van der Waals surface area contributed by atoms with E-state index in [-0.39, 0.29) is 29.2 Å². The molecule has 0 amide bonds. The van der Waals surface area contributed by atoms with E-state index in [1.807, 2.05) is 12.1 Å². The summed E-state index contributed by atoms with van der Waals surface area (Å²) in [7, 11) is 0. The first-order valence-corrected chi connectivity index (χ1v) is 12.4. The van der Waals surface area contributed by atoms with Gasteiger partial charge in [0.2, 0.25) is 0 Å². The molecule has 2 nitrogen and oxygen atoms in total. The fourth-order valence-electron chi connectivity index (χ4n) is 7.09. The van der Waals surface area contributed by atoms with Crippen LogP contribution in [-0.2, 0) is 0 Å². The first-order valence-electron chi connectivity index (χ1n) is 12.4. The fraction of sp³-hybridized carbons (Fsp3) is 0.118. The number of fused-ring (bicyclic) bond motifs is 5. The Morgan fingerprint density at radius 1 is 0.583 bits per heavy atom. The molecule has 5 aromatic carbocycles. The van der Waals surface area contributed by atoms with Gasteiger partial charge in [0.1, 0.15) is 17.7 Å². The molecule has 1 saturated carbocycles. The number of rotatable bonds is 2. The van der Waals surface area contributed by atoms with Gasteiger partial charge in [-0.1, -0.05) is 103 Å². The predicted octanol–water partition coefficient (Wildman–Crippen LogP) is 8.10. The summed E-state index contributed by atoms with van der Waals surface area (Å²) in [5.41, 5.74) is 6.24. The van der Waals surface area contributed by atoms with Gasteiger partial charge in [0.25, 0.3) is 0 Å². The van der Waals surface area contributed by atoms with Crippen molar-refractivity contribution < 1.29 is 0 Å². The molecule has 0 bridgehead atoms. The molecule has 4 unspecified atom stereocenters. The van der Waals surface area contributed by atoms with Crippen LogP contribution in [0.4, 0.5) is 0 Å². The number of nitrogens with zero attached hydrogens (tertiary/aromatic N) is 2. The van der Waals surface area contributed by atoms with E-state index in [1.54, 1.807) is 0 Å². The summed E-state index contributed by atoms with van der Waals surface area (Å²) in [6.45, 7) is 0. The number of hydrogen-bond acceptors (Lipinski definition) is 2. The van der Waals surface area contributed by atoms with Gasteiger partial charge in [0, 0.05) is 23.7 Å². The van der Waals surface area contributed by atoms with Crippen LogP contribution in [0.2, 0.25) is 0 Å². The topological polar surface area (TPSA) is 47.6 Å². The average Bonchev–Trinajstić information content (AvgIpc) is 3.45. The van der Waals surface area contributed by atoms with E-state index in [2.05, 4.69) is 109 Å². The fourth-order valence-corrected chi connectivity index (χ4v) is 7.09. The highest BCUT2D eigenvalue weighted by Crippen LogP contribution is 2.69. The molecule has 2 aliphatic carbocycles. The maximum Gasteiger partial charge on any atom is 0.130 e. The maximum absolute atomic E-state index is 10.2. The Balaban J connectivity index is 1.65. The van der Waals surface area contributed by atoms with Gasteiger partial charge in [-0.2, -0.15) is 10.5 Å². The van der Waals surface area contributed by atoms with Gasteiger partial charge in [-0.3, -0.25) is 0 Å². The first-order chi connectivity index (χ1) is 17.8. The van der Waals surface area contributed by atoms with Crippen LogP contribution >= 0.6 is 0 Å². The van der Waals surface area contributed by atoms with Gasteiger partial charge >= 0.3 is 0 Å². The molecule has 2 aliphatic rings. The third kappa shape index (κ3) is 2.76. The van der Waals surface area contributed by atoms with E-state index >= 15 is 0 Å². The van der Waals surface area contributed by atoms with Crippen LogP contribution < -0.4 is 0 Å². The summed E-state index contributed by atoms with van der Waals surface area (Å²) in [6.07, 6.45) is 0. The zero-order chi connectivity index (χ0) is 24.2. The van der Waals surface area contributed by atoms with E-state index in [4.69, 9.17) is 0 Å². The summed E-state index contributed by atoms with van der Waals surface area (Å²) >= 11 is 0. The number of hydrogen-bond donors (Lipinski definition) is 0. The zero-order valence-corrected chi connectivity index (χ0v) is 19.6. The van der Waals surface area contributed by atoms with Crippen molar-refractivity contribution in [3.63, 3.8) is 0 Å². The molecule has 1 fully saturated rings. The molecule has 0 saturated heterocycles. The number of allylic oxidation sites excluding steroid dienone is 2. The van der Waals surface area contributed by atoms with Gasteiger partial charge in [-0.25, -0.2) is 0 Å². The molecule has 0 spiro atoms. The largest absolute Gasteiger partial charge is 0.192 e. The van der Waals surface area contributed by atoms with E-state index in [1.165, 1.54) is 32.7 Å². The molecule has 2 heteroatoms. The predicted molar refractivity (Wildman–Crippen MR) is 144 cm³/mol. The van der Waals surface area contributed by atoms with E-state index < -0.39 is 0 Å². The van der Waals surface area contributed by atoms with Crippen molar-refractivity contribution in [2.45, 2.75) is 23.7 Å². The lowest BCUT2D eigenvalue weighted by Gasteiger charge is -2.23. The van der Waals surface area contributed by atoms with Gasteiger partial charge in [-0.05, 0) is 55.4 Å². The molecule has 0 aromatic heterocycles. The standard InChI is InChI=1S/C34H22N2/c35-19-25(20-36)31-29(21-10-3-1-4-11-21)33-27-17-9-15-24-18-23-14-7-8-16-26(23)32(28(24)27)34(33)30(31)22-12-5-2-6-13-22/h1-18,29-30,33-34H. The highest BCUT2D eigenvalue weighted by atomic mass is 14.6. The average molecular weight is 459 g/mol. The third-order valence-electron chi connectivity index (χ3n) is 8.26. The normalized spacial score (nSPS) is 21.8. The van der Waals surface area contributed by atoms with Gasteiger partial charge in [0.15, 0.2) is 0 Å². The molecule has 5 aromatic rings. The molecule has 36 heavy (non-hydrogen) atoms. The second-order valence-corrected chi connectivity index (χ2v) is 9.84. The smallest absolute Gasteiger partial charge is 0.130 e. The molecule has 4 atom stereocenters. The Morgan fingerprint density at radius 3 is 1.83 bits per heavy atom. The monoisotopic (exact) mass is 458 g/mol. The van der Waals surface area contributed by atoms with Crippen molar-refractivity contribution in [1.29, 1.82) is 10.5 Å². The molecular weight excluding hydrogens is 436 g/mol. The minimum absolute atomic E-state index is 0.0486. The summed E-state index contributed by atoms with van der Waals surface area (Å²) in [4.78, 5) is 0. The Morgan fingerprint density at radius 2 is 1.17 bits per heavy atom. The highest BCUT2D eigenvalue weighted by molar-refractivity contribution is 6.06. The van der Waals surface area contributed by atoms with Crippen molar-refractivity contribution in [2.24, 2.45) is 0 Å². The second kappa shape index (κ2) is 7.94. The van der Waals surface area contributed by atoms with Crippen LogP contribution in [0, 0.1) is 22.7 Å². The zero-order valence-electron chi connectivity index (χ0n) is 19.6. The molecule has 168 valence electrons. The van der Waals surface area contributed by atoms with Crippen molar-refractivity contribution in [2.75, 3.05) is 0 Å². The number of nitriles is 2. The van der Waals surface area contributed by atoms with Gasteiger partial charge < -0.3 is 0 Å². The Kier molecular flexibility index (Phi) is 4.57. The SMILES string of the molecule is N#CC(C#N)=C1C(c2ccccc2)C2c3cccc4cc5ccccc5c(c34)C2C1c1ccccc1. The molecule has 0 radical (unpaired) electrons. The van der Waals surface area contributed by atoms with Crippen LogP contribution in [0.5, 0.6) is 0 Å². The Bertz CT molecular complexity index is 1750. The van der Waals surface area contributed by atoms with Crippen LogP contribution in [0.1, 0.15) is 45.9 Å². The maximum atomic E-state index is 10.2. The molecule has 0 heterocycles. The second-order valence-electron chi connectivity index (χ2n) is 9.84. The minimum Gasteiger partial charge on any atom is -0.192 e. The van der Waals surface area contributed by atoms with Crippen LogP contribution in [0.25, 0.3) is 21.5 Å². The minimum atomic E-state index is -0.0582. The van der Waals surface area contributed by atoms with E-state index in [0.717, 1.165) is 16.7 Å². The van der Waals surface area contributed by atoms with Crippen molar-refractivity contribution in [3.8, 4) is 12.1 Å². The molecule has 7 rings (SSSR count). The highest BCUT2D eigenvalue weighted by Gasteiger charge is 2.54. The van der Waals surface area contributed by atoms with Gasteiger partial charge in [-0.15, -0.1) is 0 Å². The summed E-state index contributed by atoms with van der Waals surface area (Å²) < 4.78 is 0. The lowest BCUT2D eigenvalue weighted by Crippen LogP contribution is -2.08. The van der Waals surface area contributed by atoms with Crippen LogP contribution in [0.15, 0.2) is 120 Å². The Labute approximate surface area is 210 Å². The van der Waals surface area contributed by atoms with Crippen molar-refractivity contribution >= 4 is 21.5 Å². The summed E-state index contributed by atoms with van der Waals surface area (Å²) in [6, 6.07) is 43.1. The number of benzene rings is 5. The van der Waals surface area contributed by atoms with Crippen molar-refractivity contribution in [3.05, 3.63) is 143 Å². The van der Waals surface area contributed by atoms with Crippen molar-refractivity contribution in [1.82, 2.24) is 0 Å². The molecule has 0 aliphatic heterocycles. The lowest BCUT2D eigenvalue weighted by atomic mass is 9.79. The summed E-state index contributed by atoms with van der Waals surface area (Å²) in [5, 5.41) is 25.5. The molecular formula is C34H22N2. The van der Waals surface area contributed by atoms with Crippen LogP contribution in [0.3, 0.4) is 0 Å². The van der Waals surface area contributed by atoms with E-state index in [9.17, 15) is 10.5 Å². The van der Waals surface area contributed by atoms with Crippen LogP contribution in [-0.4, -0.2) is 0 Å².